The summed E-state index contributed by atoms with van der Waals surface area (Å²) in [5.41, 5.74) is -1.15. The molecule has 106 valence electrons. The first-order valence-corrected chi connectivity index (χ1v) is 7.23. The molecule has 0 amide bonds. The monoisotopic (exact) mass is 266 g/mol. The highest BCUT2D eigenvalue weighted by Crippen LogP contribution is 2.61. The number of hydrogen-bond donors (Lipinski definition) is 0. The lowest BCUT2D eigenvalue weighted by Gasteiger charge is -2.38. The fourth-order valence-corrected chi connectivity index (χ4v) is 3.93. The average Bonchev–Trinajstić information content (AvgIpc) is 2.90. The highest BCUT2D eigenvalue weighted by molar-refractivity contribution is 5.81. The summed E-state index contributed by atoms with van der Waals surface area (Å²) in [6, 6.07) is 0. The molecule has 3 aliphatic rings. The van der Waals surface area contributed by atoms with Crippen molar-refractivity contribution in [3.63, 3.8) is 0 Å². The fourth-order valence-electron chi connectivity index (χ4n) is 3.93. The summed E-state index contributed by atoms with van der Waals surface area (Å²) in [4.78, 5) is 24.3. The zero-order valence-electron chi connectivity index (χ0n) is 12.1. The van der Waals surface area contributed by atoms with Crippen molar-refractivity contribution in [3.05, 3.63) is 0 Å². The molecular weight excluding hydrogens is 244 g/mol. The van der Waals surface area contributed by atoms with Crippen molar-refractivity contribution in [2.24, 2.45) is 23.2 Å². The smallest absolute Gasteiger partial charge is 0.313 e. The first kappa shape index (κ1) is 12.9. The number of ether oxygens (including phenoxy) is 2. The molecule has 5 unspecified atom stereocenters. The molecule has 4 heteroatoms. The van der Waals surface area contributed by atoms with Gasteiger partial charge in [0.15, 0.2) is 0 Å². The summed E-state index contributed by atoms with van der Waals surface area (Å²) >= 11 is 0. The van der Waals surface area contributed by atoms with Crippen molar-refractivity contribution in [3.8, 4) is 0 Å². The van der Waals surface area contributed by atoms with Gasteiger partial charge in [-0.05, 0) is 40.0 Å². The molecule has 1 saturated heterocycles. The topological polar surface area (TPSA) is 52.6 Å². The van der Waals surface area contributed by atoms with Crippen LogP contribution in [0.15, 0.2) is 0 Å². The molecule has 0 aromatic heterocycles. The second-order valence-electron chi connectivity index (χ2n) is 7.10. The van der Waals surface area contributed by atoms with Crippen LogP contribution in [0.1, 0.15) is 47.0 Å². The molecule has 3 fully saturated rings. The van der Waals surface area contributed by atoms with E-state index in [1.54, 1.807) is 0 Å². The van der Waals surface area contributed by atoms with Crippen molar-refractivity contribution in [2.75, 3.05) is 0 Å². The summed E-state index contributed by atoms with van der Waals surface area (Å²) in [7, 11) is 0. The minimum atomic E-state index is -0.654. The van der Waals surface area contributed by atoms with Crippen molar-refractivity contribution >= 4 is 11.9 Å². The predicted octanol–water partition coefficient (Wildman–Crippen LogP) is 2.31. The van der Waals surface area contributed by atoms with Crippen LogP contribution in [0.2, 0.25) is 0 Å². The maximum Gasteiger partial charge on any atom is 0.313 e. The SMILES string of the molecule is CCC(C)(C)C(=O)OC1(C)C2CC3OC(=O)C1C3C2. The van der Waals surface area contributed by atoms with Crippen molar-refractivity contribution in [1.82, 2.24) is 0 Å². The van der Waals surface area contributed by atoms with Gasteiger partial charge in [-0.25, -0.2) is 0 Å². The van der Waals surface area contributed by atoms with Gasteiger partial charge >= 0.3 is 11.9 Å². The summed E-state index contributed by atoms with van der Waals surface area (Å²) in [5, 5.41) is 0. The largest absolute Gasteiger partial charge is 0.462 e. The summed E-state index contributed by atoms with van der Waals surface area (Å²) in [6.45, 7) is 7.68. The van der Waals surface area contributed by atoms with E-state index in [4.69, 9.17) is 9.47 Å². The van der Waals surface area contributed by atoms with Crippen molar-refractivity contribution in [1.29, 1.82) is 0 Å². The van der Waals surface area contributed by atoms with Crippen molar-refractivity contribution in [2.45, 2.75) is 58.7 Å². The lowest BCUT2D eigenvalue weighted by Crippen LogP contribution is -2.48. The number of rotatable bonds is 3. The molecule has 0 N–H and O–H groups in total. The molecule has 19 heavy (non-hydrogen) atoms. The Labute approximate surface area is 113 Å². The molecule has 0 radical (unpaired) electrons. The van der Waals surface area contributed by atoms with E-state index in [0.717, 1.165) is 19.3 Å². The Bertz CT molecular complexity index is 439. The van der Waals surface area contributed by atoms with Crippen LogP contribution >= 0.6 is 0 Å². The Morgan fingerprint density at radius 1 is 1.47 bits per heavy atom. The third kappa shape index (κ3) is 1.58. The molecular formula is C15H22O4. The van der Waals surface area contributed by atoms with E-state index in [2.05, 4.69) is 0 Å². The quantitative estimate of drug-likeness (QED) is 0.736. The molecule has 3 rings (SSSR count). The number of hydrogen-bond acceptors (Lipinski definition) is 4. The summed E-state index contributed by atoms with van der Waals surface area (Å²) in [5.74, 6) is -0.0654. The van der Waals surface area contributed by atoms with Gasteiger partial charge in [-0.3, -0.25) is 9.59 Å². The van der Waals surface area contributed by atoms with Gasteiger partial charge in [0.2, 0.25) is 0 Å². The van der Waals surface area contributed by atoms with Gasteiger partial charge in [-0.1, -0.05) is 6.92 Å². The van der Waals surface area contributed by atoms with Gasteiger partial charge in [-0.2, -0.15) is 0 Å². The Balaban J connectivity index is 1.85. The number of carbonyl (C=O) groups excluding carboxylic acids is 2. The Morgan fingerprint density at radius 3 is 2.79 bits per heavy atom. The molecule has 0 aromatic rings. The Hall–Kier alpha value is -1.06. The van der Waals surface area contributed by atoms with E-state index in [9.17, 15) is 9.59 Å². The van der Waals surface area contributed by atoms with Gasteiger partial charge in [0.05, 0.1) is 5.41 Å². The third-order valence-electron chi connectivity index (χ3n) is 5.68. The molecule has 1 heterocycles. The second kappa shape index (κ2) is 3.74. The van der Waals surface area contributed by atoms with Gasteiger partial charge in [-0.15, -0.1) is 0 Å². The Morgan fingerprint density at radius 2 is 2.16 bits per heavy atom. The highest BCUT2D eigenvalue weighted by atomic mass is 16.6. The maximum atomic E-state index is 12.3. The van der Waals surface area contributed by atoms with Crippen LogP contribution < -0.4 is 0 Å². The normalized spacial score (nSPS) is 43.5. The summed E-state index contributed by atoms with van der Waals surface area (Å²) in [6.07, 6.45) is 2.61. The molecule has 5 atom stereocenters. The van der Waals surface area contributed by atoms with Crippen LogP contribution in [0.5, 0.6) is 0 Å². The minimum absolute atomic E-state index is 0.0773. The van der Waals surface area contributed by atoms with Gasteiger partial charge in [0, 0.05) is 11.8 Å². The number of fused-ring (bicyclic) bond motifs is 1. The van der Waals surface area contributed by atoms with Crippen LogP contribution in [0.4, 0.5) is 0 Å². The Kier molecular flexibility index (Phi) is 2.55. The second-order valence-corrected chi connectivity index (χ2v) is 7.10. The molecule has 4 nitrogen and oxygen atoms in total. The van der Waals surface area contributed by atoms with Crippen LogP contribution in [0.3, 0.4) is 0 Å². The van der Waals surface area contributed by atoms with Crippen molar-refractivity contribution < 1.29 is 19.1 Å². The average molecular weight is 266 g/mol. The van der Waals surface area contributed by atoms with Crippen LogP contribution in [-0.2, 0) is 19.1 Å². The highest BCUT2D eigenvalue weighted by Gasteiger charge is 2.69. The fraction of sp³-hybridized carbons (Fsp3) is 0.867. The van der Waals surface area contributed by atoms with E-state index < -0.39 is 11.0 Å². The van der Waals surface area contributed by atoms with Crippen LogP contribution in [0.25, 0.3) is 0 Å². The molecule has 1 aliphatic heterocycles. The molecule has 0 spiro atoms. The van der Waals surface area contributed by atoms with E-state index in [-0.39, 0.29) is 35.8 Å². The first-order chi connectivity index (χ1) is 8.79. The summed E-state index contributed by atoms with van der Waals surface area (Å²) < 4.78 is 11.2. The van der Waals surface area contributed by atoms with Gasteiger partial charge < -0.3 is 9.47 Å². The molecule has 0 aromatic carbocycles. The van der Waals surface area contributed by atoms with E-state index in [0.29, 0.717) is 0 Å². The van der Waals surface area contributed by atoms with Crippen LogP contribution in [0, 0.1) is 23.2 Å². The number of carbonyl (C=O) groups is 2. The first-order valence-electron chi connectivity index (χ1n) is 7.23. The predicted molar refractivity (Wildman–Crippen MR) is 68.2 cm³/mol. The van der Waals surface area contributed by atoms with Crippen LogP contribution in [-0.4, -0.2) is 23.6 Å². The zero-order chi connectivity index (χ0) is 14.0. The third-order valence-corrected chi connectivity index (χ3v) is 5.68. The maximum absolute atomic E-state index is 12.3. The number of esters is 2. The molecule has 2 aliphatic carbocycles. The molecule has 2 bridgehead atoms. The molecule has 2 saturated carbocycles. The minimum Gasteiger partial charge on any atom is -0.462 e. The lowest BCUT2D eigenvalue weighted by atomic mass is 9.76. The van der Waals surface area contributed by atoms with E-state index in [1.165, 1.54) is 0 Å². The zero-order valence-corrected chi connectivity index (χ0v) is 12.1. The van der Waals surface area contributed by atoms with E-state index in [1.807, 2.05) is 27.7 Å². The van der Waals surface area contributed by atoms with Gasteiger partial charge in [0.1, 0.15) is 17.6 Å². The lowest BCUT2D eigenvalue weighted by molar-refractivity contribution is -0.180. The standard InChI is InChI=1S/C15H22O4/c1-5-14(2,3)13(17)19-15(4)8-6-9-10(7-8)18-12(16)11(9)15/h8-11H,5-7H2,1-4H3. The van der Waals surface area contributed by atoms with Gasteiger partial charge in [0.25, 0.3) is 0 Å². The van der Waals surface area contributed by atoms with E-state index >= 15 is 0 Å².